The molecule has 1 nitrogen and oxygen atoms in total. The SMILES string of the molecule is CCC1CC1NC(C)C1CCCC1. The second-order valence-electron chi connectivity index (χ2n) is 5.01. The van der Waals surface area contributed by atoms with Gasteiger partial charge in [-0.05, 0) is 38.0 Å². The molecule has 0 bridgehead atoms. The third-order valence-corrected chi connectivity index (χ3v) is 4.03. The van der Waals surface area contributed by atoms with Crippen LogP contribution < -0.4 is 5.32 Å². The molecule has 0 aliphatic heterocycles. The van der Waals surface area contributed by atoms with Crippen molar-refractivity contribution in [3.63, 3.8) is 0 Å². The Bertz CT molecular complexity index is 161. The third kappa shape index (κ3) is 2.25. The summed E-state index contributed by atoms with van der Waals surface area (Å²) >= 11 is 0. The number of rotatable bonds is 4. The minimum atomic E-state index is 0.782. The highest BCUT2D eigenvalue weighted by molar-refractivity contribution is 4.94. The van der Waals surface area contributed by atoms with Gasteiger partial charge in [-0.3, -0.25) is 0 Å². The minimum absolute atomic E-state index is 0.782. The lowest BCUT2D eigenvalue weighted by Gasteiger charge is -2.20. The zero-order valence-electron chi connectivity index (χ0n) is 9.05. The summed E-state index contributed by atoms with van der Waals surface area (Å²) in [4.78, 5) is 0. The van der Waals surface area contributed by atoms with E-state index in [0.717, 1.165) is 23.9 Å². The first-order valence-electron chi connectivity index (χ1n) is 6.07. The molecule has 0 saturated heterocycles. The van der Waals surface area contributed by atoms with Gasteiger partial charge in [0.15, 0.2) is 0 Å². The predicted molar refractivity (Wildman–Crippen MR) is 56.7 cm³/mol. The van der Waals surface area contributed by atoms with Crippen molar-refractivity contribution >= 4 is 0 Å². The Labute approximate surface area is 82.3 Å². The van der Waals surface area contributed by atoms with Gasteiger partial charge in [-0.2, -0.15) is 0 Å². The fraction of sp³-hybridized carbons (Fsp3) is 1.00. The molecular weight excluding hydrogens is 158 g/mol. The molecule has 2 aliphatic rings. The Morgan fingerprint density at radius 3 is 2.54 bits per heavy atom. The van der Waals surface area contributed by atoms with Crippen LogP contribution in [0.4, 0.5) is 0 Å². The Morgan fingerprint density at radius 2 is 2.00 bits per heavy atom. The lowest BCUT2D eigenvalue weighted by Crippen LogP contribution is -2.34. The van der Waals surface area contributed by atoms with Crippen LogP contribution in [0.2, 0.25) is 0 Å². The Kier molecular flexibility index (Phi) is 2.92. The first kappa shape index (κ1) is 9.51. The molecule has 76 valence electrons. The van der Waals surface area contributed by atoms with E-state index in [1.165, 1.54) is 38.5 Å². The molecule has 2 aliphatic carbocycles. The molecule has 0 spiro atoms. The highest BCUT2D eigenvalue weighted by atomic mass is 15.0. The van der Waals surface area contributed by atoms with Gasteiger partial charge in [0.2, 0.25) is 0 Å². The monoisotopic (exact) mass is 181 g/mol. The lowest BCUT2D eigenvalue weighted by molar-refractivity contribution is 0.372. The van der Waals surface area contributed by atoms with Gasteiger partial charge in [0.1, 0.15) is 0 Å². The number of hydrogen-bond acceptors (Lipinski definition) is 1. The van der Waals surface area contributed by atoms with Crippen molar-refractivity contribution in [1.82, 2.24) is 5.32 Å². The summed E-state index contributed by atoms with van der Waals surface area (Å²) in [6.45, 7) is 4.70. The third-order valence-electron chi connectivity index (χ3n) is 4.03. The van der Waals surface area contributed by atoms with E-state index in [1.54, 1.807) is 0 Å². The summed E-state index contributed by atoms with van der Waals surface area (Å²) in [7, 11) is 0. The van der Waals surface area contributed by atoms with E-state index in [4.69, 9.17) is 0 Å². The summed E-state index contributed by atoms with van der Waals surface area (Å²) in [5, 5.41) is 3.80. The van der Waals surface area contributed by atoms with Crippen molar-refractivity contribution in [2.24, 2.45) is 11.8 Å². The Balaban J connectivity index is 1.69. The lowest BCUT2D eigenvalue weighted by atomic mass is 10.00. The van der Waals surface area contributed by atoms with Crippen LogP contribution in [0.15, 0.2) is 0 Å². The van der Waals surface area contributed by atoms with Crippen molar-refractivity contribution in [3.8, 4) is 0 Å². The van der Waals surface area contributed by atoms with Gasteiger partial charge in [0.05, 0.1) is 0 Å². The van der Waals surface area contributed by atoms with E-state index >= 15 is 0 Å². The maximum absolute atomic E-state index is 3.80. The molecule has 0 aromatic carbocycles. The van der Waals surface area contributed by atoms with Crippen molar-refractivity contribution < 1.29 is 0 Å². The molecule has 3 atom stereocenters. The molecule has 2 rings (SSSR count). The van der Waals surface area contributed by atoms with Crippen LogP contribution in [-0.4, -0.2) is 12.1 Å². The molecule has 0 aromatic rings. The van der Waals surface area contributed by atoms with Crippen LogP contribution >= 0.6 is 0 Å². The molecule has 0 aromatic heterocycles. The maximum Gasteiger partial charge on any atom is 0.0102 e. The first-order chi connectivity index (χ1) is 6.31. The molecule has 0 heterocycles. The van der Waals surface area contributed by atoms with Crippen molar-refractivity contribution in [2.45, 2.75) is 64.5 Å². The Morgan fingerprint density at radius 1 is 1.31 bits per heavy atom. The predicted octanol–water partition coefficient (Wildman–Crippen LogP) is 2.95. The van der Waals surface area contributed by atoms with Crippen LogP contribution in [-0.2, 0) is 0 Å². The highest BCUT2D eigenvalue weighted by Crippen LogP contribution is 2.35. The zero-order valence-corrected chi connectivity index (χ0v) is 9.05. The summed E-state index contributed by atoms with van der Waals surface area (Å²) in [5.74, 6) is 1.99. The average molecular weight is 181 g/mol. The molecule has 2 fully saturated rings. The van der Waals surface area contributed by atoms with Gasteiger partial charge >= 0.3 is 0 Å². The van der Waals surface area contributed by atoms with Gasteiger partial charge in [0.25, 0.3) is 0 Å². The van der Waals surface area contributed by atoms with E-state index in [-0.39, 0.29) is 0 Å². The largest absolute Gasteiger partial charge is 0.311 e. The van der Waals surface area contributed by atoms with Crippen LogP contribution in [0.3, 0.4) is 0 Å². The second-order valence-corrected chi connectivity index (χ2v) is 5.01. The quantitative estimate of drug-likeness (QED) is 0.703. The van der Waals surface area contributed by atoms with Gasteiger partial charge in [-0.1, -0.05) is 26.2 Å². The fourth-order valence-electron chi connectivity index (χ4n) is 2.83. The van der Waals surface area contributed by atoms with E-state index in [0.29, 0.717) is 0 Å². The Hall–Kier alpha value is -0.0400. The summed E-state index contributed by atoms with van der Waals surface area (Å²) in [6, 6.07) is 1.66. The fourth-order valence-corrected chi connectivity index (χ4v) is 2.83. The van der Waals surface area contributed by atoms with E-state index in [9.17, 15) is 0 Å². The number of hydrogen-bond donors (Lipinski definition) is 1. The standard InChI is InChI=1S/C12H23N/c1-3-10-8-12(10)13-9(2)11-6-4-5-7-11/h9-13H,3-8H2,1-2H3. The van der Waals surface area contributed by atoms with Gasteiger partial charge in [-0.25, -0.2) is 0 Å². The minimum Gasteiger partial charge on any atom is -0.311 e. The first-order valence-corrected chi connectivity index (χ1v) is 6.07. The van der Waals surface area contributed by atoms with Crippen LogP contribution in [0.25, 0.3) is 0 Å². The normalized spacial score (nSPS) is 36.5. The van der Waals surface area contributed by atoms with Crippen LogP contribution in [0, 0.1) is 11.8 Å². The van der Waals surface area contributed by atoms with Crippen molar-refractivity contribution in [3.05, 3.63) is 0 Å². The molecule has 1 heteroatoms. The van der Waals surface area contributed by atoms with Crippen molar-refractivity contribution in [1.29, 1.82) is 0 Å². The zero-order chi connectivity index (χ0) is 9.26. The van der Waals surface area contributed by atoms with E-state index in [2.05, 4.69) is 19.2 Å². The molecule has 0 radical (unpaired) electrons. The molecule has 0 amide bonds. The smallest absolute Gasteiger partial charge is 0.0102 e. The van der Waals surface area contributed by atoms with E-state index < -0.39 is 0 Å². The summed E-state index contributed by atoms with van der Waals surface area (Å²) < 4.78 is 0. The molecular formula is C12H23N. The summed E-state index contributed by atoms with van der Waals surface area (Å²) in [5.41, 5.74) is 0. The average Bonchev–Trinajstić information content (AvgIpc) is 2.68. The van der Waals surface area contributed by atoms with Crippen LogP contribution in [0.5, 0.6) is 0 Å². The highest BCUT2D eigenvalue weighted by Gasteiger charge is 2.37. The van der Waals surface area contributed by atoms with E-state index in [1.807, 2.05) is 0 Å². The van der Waals surface area contributed by atoms with Crippen molar-refractivity contribution in [2.75, 3.05) is 0 Å². The number of nitrogens with one attached hydrogen (secondary N) is 1. The molecule has 2 saturated carbocycles. The maximum atomic E-state index is 3.80. The molecule has 3 unspecified atom stereocenters. The van der Waals surface area contributed by atoms with Crippen LogP contribution in [0.1, 0.15) is 52.4 Å². The molecule has 13 heavy (non-hydrogen) atoms. The van der Waals surface area contributed by atoms with Gasteiger partial charge < -0.3 is 5.32 Å². The van der Waals surface area contributed by atoms with Gasteiger partial charge in [-0.15, -0.1) is 0 Å². The topological polar surface area (TPSA) is 12.0 Å². The molecule has 1 N–H and O–H groups in total. The van der Waals surface area contributed by atoms with Gasteiger partial charge in [0, 0.05) is 12.1 Å². The second kappa shape index (κ2) is 4.00. The summed E-state index contributed by atoms with van der Waals surface area (Å²) in [6.07, 6.45) is 8.69.